The first-order chi connectivity index (χ1) is 10.9. The summed E-state index contributed by atoms with van der Waals surface area (Å²) in [7, 11) is -3.49. The van der Waals surface area contributed by atoms with Crippen LogP contribution in [0.25, 0.3) is 0 Å². The second kappa shape index (κ2) is 6.28. The minimum Gasteiger partial charge on any atom is -0.456 e. The van der Waals surface area contributed by atoms with E-state index in [2.05, 4.69) is 68.8 Å². The molecule has 0 N–H and O–H groups in total. The molecule has 1 aliphatic rings. The maximum absolute atomic E-state index is 11.5. The van der Waals surface area contributed by atoms with Crippen LogP contribution >= 0.6 is 0 Å². The Morgan fingerprint density at radius 3 is 2.21 bits per heavy atom. The Morgan fingerprint density at radius 1 is 1.12 bits per heavy atom. The number of ether oxygens (including phenoxy) is 1. The maximum atomic E-state index is 11.5. The van der Waals surface area contributed by atoms with Crippen molar-refractivity contribution in [3.05, 3.63) is 42.1 Å². The number of carbonyl (C=O) groups is 1. The van der Waals surface area contributed by atoms with Gasteiger partial charge in [0, 0.05) is 13.3 Å². The molecular formula is C19H30O3Si2. The number of hydrogen-bond donors (Lipinski definition) is 0. The van der Waals surface area contributed by atoms with Gasteiger partial charge in [-0.2, -0.15) is 0 Å². The van der Waals surface area contributed by atoms with Gasteiger partial charge in [0.15, 0.2) is 0 Å². The van der Waals surface area contributed by atoms with Crippen LogP contribution in [0.5, 0.6) is 0 Å². The van der Waals surface area contributed by atoms with Crippen molar-refractivity contribution in [3.8, 4) is 0 Å². The Hall–Kier alpha value is -1.18. The molecule has 0 radical (unpaired) electrons. The zero-order valence-corrected chi connectivity index (χ0v) is 18.0. The Balaban J connectivity index is 2.32. The van der Waals surface area contributed by atoms with Gasteiger partial charge in [0.2, 0.25) is 8.32 Å². The molecule has 2 rings (SSSR count). The zero-order chi connectivity index (χ0) is 18.2. The first kappa shape index (κ1) is 19.2. The van der Waals surface area contributed by atoms with Crippen molar-refractivity contribution in [1.82, 2.24) is 0 Å². The van der Waals surface area contributed by atoms with Gasteiger partial charge in [0.05, 0.1) is 8.07 Å². The SMILES string of the molecule is CC(=O)O[C@]1(C)C[C@@]1(/C=C\[Si](C)(C)C)O[Si](C)(C)c1ccccc1. The van der Waals surface area contributed by atoms with Crippen molar-refractivity contribution in [1.29, 1.82) is 0 Å². The van der Waals surface area contributed by atoms with E-state index >= 15 is 0 Å². The second-order valence-electron chi connectivity index (χ2n) is 8.57. The number of esters is 1. The van der Waals surface area contributed by atoms with Crippen molar-refractivity contribution in [2.24, 2.45) is 0 Å². The predicted octanol–water partition coefficient (Wildman–Crippen LogP) is 4.01. The van der Waals surface area contributed by atoms with E-state index in [1.54, 1.807) is 0 Å². The molecule has 0 spiro atoms. The highest BCUT2D eigenvalue weighted by molar-refractivity contribution is 6.84. The number of benzene rings is 1. The Kier molecular flexibility index (Phi) is 5.01. The quantitative estimate of drug-likeness (QED) is 0.566. The lowest BCUT2D eigenvalue weighted by molar-refractivity contribution is -0.150. The summed E-state index contributed by atoms with van der Waals surface area (Å²) in [6.07, 6.45) is 2.91. The molecule has 24 heavy (non-hydrogen) atoms. The highest BCUT2D eigenvalue weighted by Gasteiger charge is 2.69. The van der Waals surface area contributed by atoms with Gasteiger partial charge in [0.25, 0.3) is 0 Å². The molecule has 2 atom stereocenters. The third kappa shape index (κ3) is 4.26. The standard InChI is InChI=1S/C19H30O3Si2/c1-16(20)21-18(2)15-19(18,13-14-23(3,4)5)22-24(6,7)17-11-9-8-10-12-17/h8-14H,15H2,1-7H3/b14-13-/t18-,19-/m1/s1. The molecule has 0 unspecified atom stereocenters. The van der Waals surface area contributed by atoms with Crippen LogP contribution in [0.3, 0.4) is 0 Å². The lowest BCUT2D eigenvalue weighted by Gasteiger charge is -2.31. The summed E-state index contributed by atoms with van der Waals surface area (Å²) in [5, 5.41) is 1.25. The van der Waals surface area contributed by atoms with E-state index in [0.717, 1.165) is 6.42 Å². The molecule has 0 aromatic heterocycles. The van der Waals surface area contributed by atoms with Crippen molar-refractivity contribution in [2.75, 3.05) is 0 Å². The fourth-order valence-corrected chi connectivity index (χ4v) is 6.20. The summed E-state index contributed by atoms with van der Waals surface area (Å²) in [6.45, 7) is 14.8. The molecule has 5 heteroatoms. The lowest BCUT2D eigenvalue weighted by Crippen LogP contribution is -2.50. The van der Waals surface area contributed by atoms with Crippen LogP contribution in [0.2, 0.25) is 32.7 Å². The topological polar surface area (TPSA) is 35.5 Å². The summed E-state index contributed by atoms with van der Waals surface area (Å²) < 4.78 is 12.4. The number of rotatable bonds is 6. The minimum atomic E-state index is -2.12. The van der Waals surface area contributed by atoms with Crippen molar-refractivity contribution in [2.45, 2.75) is 64.2 Å². The van der Waals surface area contributed by atoms with Crippen LogP contribution in [-0.2, 0) is 14.0 Å². The van der Waals surface area contributed by atoms with Crippen LogP contribution in [0.1, 0.15) is 20.3 Å². The molecule has 0 saturated heterocycles. The van der Waals surface area contributed by atoms with E-state index in [9.17, 15) is 4.79 Å². The molecular weight excluding hydrogens is 332 g/mol. The summed E-state index contributed by atoms with van der Waals surface area (Å²) in [4.78, 5) is 11.5. The van der Waals surface area contributed by atoms with E-state index in [4.69, 9.17) is 9.16 Å². The fourth-order valence-electron chi connectivity index (χ4n) is 3.05. The third-order valence-corrected chi connectivity index (χ3v) is 8.26. The van der Waals surface area contributed by atoms with E-state index in [0.29, 0.717) is 0 Å². The lowest BCUT2D eigenvalue weighted by atomic mass is 10.2. The zero-order valence-electron chi connectivity index (χ0n) is 16.0. The molecule has 0 aliphatic heterocycles. The monoisotopic (exact) mass is 362 g/mol. The van der Waals surface area contributed by atoms with Crippen molar-refractivity contribution in [3.63, 3.8) is 0 Å². The largest absolute Gasteiger partial charge is 0.456 e. The van der Waals surface area contributed by atoms with E-state index in [1.165, 1.54) is 12.1 Å². The number of carbonyl (C=O) groups excluding carboxylic acids is 1. The van der Waals surface area contributed by atoms with Gasteiger partial charge in [0.1, 0.15) is 11.2 Å². The Labute approximate surface area is 148 Å². The summed E-state index contributed by atoms with van der Waals surface area (Å²) in [5.41, 5.74) is 1.25. The van der Waals surface area contributed by atoms with Gasteiger partial charge < -0.3 is 9.16 Å². The molecule has 1 aromatic carbocycles. The predicted molar refractivity (Wildman–Crippen MR) is 105 cm³/mol. The van der Waals surface area contributed by atoms with Crippen LogP contribution in [-0.4, -0.2) is 33.6 Å². The molecule has 0 bridgehead atoms. The molecule has 1 aliphatic carbocycles. The average Bonchev–Trinajstić information content (AvgIpc) is 2.99. The smallest absolute Gasteiger partial charge is 0.303 e. The highest BCUT2D eigenvalue weighted by atomic mass is 28.4. The van der Waals surface area contributed by atoms with Crippen LogP contribution in [0, 0.1) is 0 Å². The molecule has 132 valence electrons. The first-order valence-electron chi connectivity index (χ1n) is 8.55. The highest BCUT2D eigenvalue weighted by Crippen LogP contribution is 2.56. The molecule has 1 fully saturated rings. The van der Waals surface area contributed by atoms with Gasteiger partial charge in [-0.3, -0.25) is 4.79 Å². The second-order valence-corrected chi connectivity index (χ2v) is 17.4. The van der Waals surface area contributed by atoms with Crippen LogP contribution in [0.4, 0.5) is 0 Å². The summed E-state index contributed by atoms with van der Waals surface area (Å²) in [5.74, 6) is -0.247. The van der Waals surface area contributed by atoms with Gasteiger partial charge in [-0.25, -0.2) is 0 Å². The maximum Gasteiger partial charge on any atom is 0.303 e. The average molecular weight is 363 g/mol. The van der Waals surface area contributed by atoms with Crippen LogP contribution in [0.15, 0.2) is 42.1 Å². The third-order valence-electron chi connectivity index (χ3n) is 4.50. The summed E-state index contributed by atoms with van der Waals surface area (Å²) >= 11 is 0. The van der Waals surface area contributed by atoms with E-state index < -0.39 is 27.6 Å². The van der Waals surface area contributed by atoms with Crippen molar-refractivity contribution >= 4 is 27.5 Å². The van der Waals surface area contributed by atoms with Crippen molar-refractivity contribution < 1.29 is 14.0 Å². The fraction of sp³-hybridized carbons (Fsp3) is 0.526. The first-order valence-corrected chi connectivity index (χ1v) is 15.0. The van der Waals surface area contributed by atoms with Gasteiger partial charge in [-0.05, 0) is 25.2 Å². The minimum absolute atomic E-state index is 0.247. The Morgan fingerprint density at radius 2 is 1.71 bits per heavy atom. The van der Waals surface area contributed by atoms with Crippen LogP contribution < -0.4 is 5.19 Å². The molecule has 0 heterocycles. The molecule has 0 amide bonds. The normalized spacial score (nSPS) is 27.3. The molecule has 1 saturated carbocycles. The van der Waals surface area contributed by atoms with Gasteiger partial charge in [-0.1, -0.05) is 61.7 Å². The Bertz CT molecular complexity index is 634. The molecule has 1 aromatic rings. The molecule has 3 nitrogen and oxygen atoms in total. The van der Waals surface area contributed by atoms with Gasteiger partial charge >= 0.3 is 5.97 Å². The summed E-state index contributed by atoms with van der Waals surface area (Å²) in [6, 6.07) is 10.4. The van der Waals surface area contributed by atoms with Gasteiger partial charge in [-0.15, -0.1) is 0 Å². The number of hydrogen-bond acceptors (Lipinski definition) is 3. The van der Waals surface area contributed by atoms with E-state index in [-0.39, 0.29) is 5.97 Å². The van der Waals surface area contributed by atoms with E-state index in [1.807, 2.05) is 13.0 Å².